The maximum absolute atomic E-state index is 2.76. The van der Waals surface area contributed by atoms with Gasteiger partial charge in [0.1, 0.15) is 0 Å². The molecular weight excluding hydrogens is 146 g/mol. The first-order chi connectivity index (χ1) is 5.97. The Labute approximate surface area is 76.1 Å². The average molecular weight is 167 g/mol. The van der Waals surface area contributed by atoms with E-state index in [1.807, 2.05) is 0 Å². The summed E-state index contributed by atoms with van der Waals surface area (Å²) < 4.78 is 0. The SMILES string of the molecule is C1CCCN(C2CCCC2)CC1. The Bertz CT molecular complexity index is 119. The molecule has 0 aromatic carbocycles. The molecule has 2 fully saturated rings. The first-order valence-corrected chi connectivity index (χ1v) is 5.71. The molecule has 1 heteroatoms. The van der Waals surface area contributed by atoms with Gasteiger partial charge in [-0.3, -0.25) is 0 Å². The molecule has 0 radical (unpaired) electrons. The zero-order chi connectivity index (χ0) is 8.23. The summed E-state index contributed by atoms with van der Waals surface area (Å²) in [6.45, 7) is 2.79. The van der Waals surface area contributed by atoms with E-state index in [2.05, 4.69) is 4.90 Å². The monoisotopic (exact) mass is 167 g/mol. The summed E-state index contributed by atoms with van der Waals surface area (Å²) in [4.78, 5) is 2.76. The van der Waals surface area contributed by atoms with Gasteiger partial charge in [-0.25, -0.2) is 0 Å². The second-order valence-corrected chi connectivity index (χ2v) is 4.39. The fourth-order valence-corrected chi connectivity index (χ4v) is 2.73. The van der Waals surface area contributed by atoms with Crippen molar-refractivity contribution in [1.29, 1.82) is 0 Å². The second kappa shape index (κ2) is 4.27. The lowest BCUT2D eigenvalue weighted by Gasteiger charge is -2.26. The minimum Gasteiger partial charge on any atom is -0.300 e. The lowest BCUT2D eigenvalue weighted by molar-refractivity contribution is 0.206. The van der Waals surface area contributed by atoms with Gasteiger partial charge in [-0.1, -0.05) is 25.7 Å². The molecule has 70 valence electrons. The lowest BCUT2D eigenvalue weighted by Crippen LogP contribution is -2.33. The number of rotatable bonds is 1. The summed E-state index contributed by atoms with van der Waals surface area (Å²) in [6.07, 6.45) is 11.8. The van der Waals surface area contributed by atoms with Gasteiger partial charge < -0.3 is 4.90 Å². The van der Waals surface area contributed by atoms with Crippen LogP contribution in [0.15, 0.2) is 0 Å². The van der Waals surface area contributed by atoms with Gasteiger partial charge in [0.05, 0.1) is 0 Å². The largest absolute Gasteiger partial charge is 0.300 e. The van der Waals surface area contributed by atoms with Crippen LogP contribution in [0.5, 0.6) is 0 Å². The quantitative estimate of drug-likeness (QED) is 0.580. The van der Waals surface area contributed by atoms with Gasteiger partial charge in [-0.05, 0) is 38.8 Å². The highest BCUT2D eigenvalue weighted by molar-refractivity contribution is 4.78. The molecule has 0 unspecified atom stereocenters. The summed E-state index contributed by atoms with van der Waals surface area (Å²) in [5.74, 6) is 0. The van der Waals surface area contributed by atoms with E-state index in [1.54, 1.807) is 0 Å². The smallest absolute Gasteiger partial charge is 0.00952 e. The molecule has 1 heterocycles. The molecule has 1 saturated heterocycles. The third-order valence-electron chi connectivity index (χ3n) is 3.48. The van der Waals surface area contributed by atoms with E-state index in [1.165, 1.54) is 64.5 Å². The van der Waals surface area contributed by atoms with Crippen LogP contribution >= 0.6 is 0 Å². The van der Waals surface area contributed by atoms with Gasteiger partial charge in [0.2, 0.25) is 0 Å². The first-order valence-electron chi connectivity index (χ1n) is 5.71. The van der Waals surface area contributed by atoms with Crippen molar-refractivity contribution in [3.63, 3.8) is 0 Å². The van der Waals surface area contributed by atoms with Crippen LogP contribution in [0.2, 0.25) is 0 Å². The second-order valence-electron chi connectivity index (χ2n) is 4.39. The van der Waals surface area contributed by atoms with Crippen molar-refractivity contribution in [3.8, 4) is 0 Å². The third kappa shape index (κ3) is 2.01. The molecular formula is C11H21N. The van der Waals surface area contributed by atoms with Crippen molar-refractivity contribution in [1.82, 2.24) is 4.90 Å². The fraction of sp³-hybridized carbons (Fsp3) is 1.00. The van der Waals surface area contributed by atoms with Crippen molar-refractivity contribution in [3.05, 3.63) is 0 Å². The van der Waals surface area contributed by atoms with E-state index in [9.17, 15) is 0 Å². The van der Waals surface area contributed by atoms with Gasteiger partial charge in [0.25, 0.3) is 0 Å². The standard InChI is InChI=1S/C11H21N/c1-2-6-10-12(9-5-1)11-7-3-4-8-11/h11H,1-10H2. The van der Waals surface area contributed by atoms with Gasteiger partial charge in [0, 0.05) is 6.04 Å². The highest BCUT2D eigenvalue weighted by Crippen LogP contribution is 2.25. The molecule has 0 aromatic heterocycles. The summed E-state index contributed by atoms with van der Waals surface area (Å²) >= 11 is 0. The zero-order valence-electron chi connectivity index (χ0n) is 8.10. The minimum atomic E-state index is 0.975. The molecule has 1 aliphatic carbocycles. The molecule has 0 N–H and O–H groups in total. The van der Waals surface area contributed by atoms with Crippen LogP contribution < -0.4 is 0 Å². The van der Waals surface area contributed by atoms with E-state index in [-0.39, 0.29) is 0 Å². The molecule has 12 heavy (non-hydrogen) atoms. The Morgan fingerprint density at radius 3 is 1.83 bits per heavy atom. The van der Waals surface area contributed by atoms with Crippen molar-refractivity contribution in [2.24, 2.45) is 0 Å². The Morgan fingerprint density at radius 2 is 1.25 bits per heavy atom. The first kappa shape index (κ1) is 8.55. The van der Waals surface area contributed by atoms with Crippen LogP contribution in [0, 0.1) is 0 Å². The van der Waals surface area contributed by atoms with Crippen LogP contribution in [0.1, 0.15) is 51.4 Å². The molecule has 1 aliphatic heterocycles. The number of hydrogen-bond donors (Lipinski definition) is 0. The molecule has 1 nitrogen and oxygen atoms in total. The normalized spacial score (nSPS) is 29.0. The summed E-state index contributed by atoms with van der Waals surface area (Å²) in [7, 11) is 0. The van der Waals surface area contributed by atoms with E-state index in [4.69, 9.17) is 0 Å². The average Bonchev–Trinajstić information content (AvgIpc) is 2.48. The van der Waals surface area contributed by atoms with Crippen LogP contribution in [0.4, 0.5) is 0 Å². The minimum absolute atomic E-state index is 0.975. The maximum atomic E-state index is 2.76. The molecule has 0 atom stereocenters. The van der Waals surface area contributed by atoms with Crippen LogP contribution in [-0.2, 0) is 0 Å². The molecule has 0 aromatic rings. The summed E-state index contributed by atoms with van der Waals surface area (Å²) in [5, 5.41) is 0. The highest BCUT2D eigenvalue weighted by Gasteiger charge is 2.22. The number of nitrogens with zero attached hydrogens (tertiary/aromatic N) is 1. The van der Waals surface area contributed by atoms with Gasteiger partial charge in [-0.2, -0.15) is 0 Å². The Hall–Kier alpha value is -0.0400. The molecule has 0 bridgehead atoms. The number of hydrogen-bond acceptors (Lipinski definition) is 1. The zero-order valence-corrected chi connectivity index (χ0v) is 8.10. The molecule has 0 amide bonds. The fourth-order valence-electron chi connectivity index (χ4n) is 2.73. The Kier molecular flexibility index (Phi) is 3.04. The van der Waals surface area contributed by atoms with E-state index in [0.717, 1.165) is 6.04 Å². The Morgan fingerprint density at radius 1 is 0.667 bits per heavy atom. The van der Waals surface area contributed by atoms with E-state index in [0.29, 0.717) is 0 Å². The van der Waals surface area contributed by atoms with Gasteiger partial charge in [-0.15, -0.1) is 0 Å². The predicted molar refractivity (Wildman–Crippen MR) is 52.3 cm³/mol. The van der Waals surface area contributed by atoms with Crippen LogP contribution in [0.3, 0.4) is 0 Å². The number of likely N-dealkylation sites (tertiary alicyclic amines) is 1. The topological polar surface area (TPSA) is 3.24 Å². The maximum Gasteiger partial charge on any atom is 0.00952 e. The van der Waals surface area contributed by atoms with Crippen LogP contribution in [-0.4, -0.2) is 24.0 Å². The van der Waals surface area contributed by atoms with Crippen molar-refractivity contribution >= 4 is 0 Å². The van der Waals surface area contributed by atoms with E-state index < -0.39 is 0 Å². The van der Waals surface area contributed by atoms with Crippen molar-refractivity contribution in [2.45, 2.75) is 57.4 Å². The summed E-state index contributed by atoms with van der Waals surface area (Å²) in [6, 6.07) is 0.975. The van der Waals surface area contributed by atoms with Crippen LogP contribution in [0.25, 0.3) is 0 Å². The van der Waals surface area contributed by atoms with Crippen molar-refractivity contribution in [2.75, 3.05) is 13.1 Å². The van der Waals surface area contributed by atoms with E-state index >= 15 is 0 Å². The predicted octanol–water partition coefficient (Wildman–Crippen LogP) is 2.81. The molecule has 0 spiro atoms. The third-order valence-corrected chi connectivity index (χ3v) is 3.48. The lowest BCUT2D eigenvalue weighted by atomic mass is 10.2. The summed E-state index contributed by atoms with van der Waals surface area (Å²) in [5.41, 5.74) is 0. The van der Waals surface area contributed by atoms with Gasteiger partial charge in [0.15, 0.2) is 0 Å². The highest BCUT2D eigenvalue weighted by atomic mass is 15.2. The van der Waals surface area contributed by atoms with Crippen molar-refractivity contribution < 1.29 is 0 Å². The molecule has 1 saturated carbocycles. The molecule has 2 rings (SSSR count). The Balaban J connectivity index is 1.83. The molecule has 2 aliphatic rings. The van der Waals surface area contributed by atoms with Gasteiger partial charge >= 0.3 is 0 Å².